The van der Waals surface area contributed by atoms with Crippen molar-refractivity contribution in [3.05, 3.63) is 51.1 Å². The number of nitrogens with zero attached hydrogens (tertiary/aromatic N) is 1. The van der Waals surface area contributed by atoms with E-state index in [9.17, 15) is 0 Å². The van der Waals surface area contributed by atoms with E-state index in [-0.39, 0.29) is 50.7 Å². The Morgan fingerprint density at radius 3 is 2.46 bits per heavy atom. The van der Waals surface area contributed by atoms with E-state index >= 15 is 0 Å². The summed E-state index contributed by atoms with van der Waals surface area (Å²) in [5.41, 5.74) is 9.46. The molecule has 2 aromatic rings. The van der Waals surface area contributed by atoms with Gasteiger partial charge < -0.3 is 15.1 Å². The van der Waals surface area contributed by atoms with Crippen LogP contribution in [-0.4, -0.2) is 21.7 Å². The van der Waals surface area contributed by atoms with Gasteiger partial charge in [-0.1, -0.05) is 13.8 Å². The van der Waals surface area contributed by atoms with E-state index < -0.39 is 0 Å². The summed E-state index contributed by atoms with van der Waals surface area (Å²) in [6.07, 6.45) is 8.43. The molecular weight excluding hydrogens is 537 g/mol. The van der Waals surface area contributed by atoms with E-state index in [2.05, 4.69) is 43.0 Å². The van der Waals surface area contributed by atoms with E-state index in [1.54, 1.807) is 0 Å². The van der Waals surface area contributed by atoms with Crippen molar-refractivity contribution in [3.63, 3.8) is 0 Å². The van der Waals surface area contributed by atoms with Gasteiger partial charge in [-0.25, -0.2) is 0 Å². The number of nitriles is 1. The first-order valence-electron chi connectivity index (χ1n) is 9.13. The minimum absolute atomic E-state index is 0. The normalized spacial score (nSPS) is 11.3. The topological polar surface area (TPSA) is 75.6 Å². The van der Waals surface area contributed by atoms with Crippen LogP contribution in [-0.2, 0) is 25.7 Å². The fourth-order valence-corrected chi connectivity index (χ4v) is 3.56. The number of aromatic amines is 2. The van der Waals surface area contributed by atoms with Crippen LogP contribution in [0.15, 0.2) is 11.8 Å². The fourth-order valence-electron chi connectivity index (χ4n) is 3.56. The molecule has 5 heteroatoms. The molecule has 0 aromatic carbocycles. The van der Waals surface area contributed by atoms with Gasteiger partial charge in [0.2, 0.25) is 0 Å². The van der Waals surface area contributed by atoms with Crippen LogP contribution >= 0.6 is 0 Å². The Bertz CT molecular complexity index is 793. The first-order valence-corrected chi connectivity index (χ1v) is 9.13. The number of allylic oxidation sites excluding steroid dienone is 1. The molecule has 0 spiro atoms. The number of H-pyrrole nitrogens is 2. The number of nitrogens with one attached hydrogen (secondary N) is 2. The van der Waals surface area contributed by atoms with Crippen molar-refractivity contribution in [1.29, 1.82) is 5.26 Å². The number of aliphatic hydroxyl groups is 1. The Kier molecular flexibility index (Phi) is 9.94. The Labute approximate surface area is 192 Å². The molecule has 2 heterocycles. The predicted octanol–water partition coefficient (Wildman–Crippen LogP) is 4.22. The Hall–Kier alpha value is -0.808. The first-order chi connectivity index (χ1) is 12.0. The molecule has 2 rings (SSSR count). The van der Waals surface area contributed by atoms with Crippen LogP contribution in [0.2, 0.25) is 0 Å². The standard InChI is InChI=1S/C21H29N3O.Ac/c1-5-16-17(6-2)21(24-20(16)10-14(3)12-22)11-19-18(8-7-9-25)15(4)13-23-19;/h10,13,23-25H,5-9,11H2,1-4H3;/b14-10-;. The minimum atomic E-state index is 0. The van der Waals surface area contributed by atoms with Gasteiger partial charge in [0.15, 0.2) is 0 Å². The van der Waals surface area contributed by atoms with Crippen molar-refractivity contribution in [2.45, 2.75) is 59.8 Å². The molecule has 4 nitrogen and oxygen atoms in total. The Morgan fingerprint density at radius 2 is 1.88 bits per heavy atom. The maximum atomic E-state index is 9.15. The number of aromatic nitrogens is 2. The molecule has 0 bridgehead atoms. The maximum Gasteiger partial charge on any atom is 0.0944 e. The van der Waals surface area contributed by atoms with Gasteiger partial charge in [0.25, 0.3) is 0 Å². The Morgan fingerprint density at radius 1 is 1.19 bits per heavy atom. The average Bonchev–Trinajstić information content (AvgIpc) is 3.12. The number of hydrogen-bond donors (Lipinski definition) is 3. The van der Waals surface area contributed by atoms with Crippen molar-refractivity contribution in [3.8, 4) is 6.07 Å². The molecule has 26 heavy (non-hydrogen) atoms. The van der Waals surface area contributed by atoms with Crippen molar-refractivity contribution >= 4 is 6.08 Å². The van der Waals surface area contributed by atoms with Crippen molar-refractivity contribution in [1.82, 2.24) is 9.97 Å². The van der Waals surface area contributed by atoms with Gasteiger partial charge in [0.1, 0.15) is 0 Å². The van der Waals surface area contributed by atoms with Crippen LogP contribution in [0.3, 0.4) is 0 Å². The van der Waals surface area contributed by atoms with E-state index in [0.29, 0.717) is 5.57 Å². The zero-order chi connectivity index (χ0) is 18.4. The van der Waals surface area contributed by atoms with Gasteiger partial charge in [-0.05, 0) is 67.9 Å². The molecule has 0 unspecified atom stereocenters. The monoisotopic (exact) mass is 566 g/mol. The second-order valence-corrected chi connectivity index (χ2v) is 6.55. The molecule has 0 amide bonds. The molecule has 0 aliphatic heterocycles. The second kappa shape index (κ2) is 11.1. The zero-order valence-electron chi connectivity index (χ0n) is 16.4. The van der Waals surface area contributed by atoms with Gasteiger partial charge in [-0.15, -0.1) is 0 Å². The SMILES string of the molecule is CCc1c(/C=C(/C)C#N)[nH]c(Cc2[nH]cc(C)c2CCCO)c1CC.[Ac]. The van der Waals surface area contributed by atoms with Crippen LogP contribution < -0.4 is 0 Å². The predicted molar refractivity (Wildman–Crippen MR) is 103 cm³/mol. The van der Waals surface area contributed by atoms with Crippen LogP contribution in [0.5, 0.6) is 0 Å². The van der Waals surface area contributed by atoms with Gasteiger partial charge in [-0.3, -0.25) is 0 Å². The second-order valence-electron chi connectivity index (χ2n) is 6.55. The summed E-state index contributed by atoms with van der Waals surface area (Å²) in [5.74, 6) is 0. The van der Waals surface area contributed by atoms with E-state index in [0.717, 1.165) is 37.8 Å². The molecule has 0 saturated carbocycles. The summed E-state index contributed by atoms with van der Waals surface area (Å²) in [6.45, 7) is 8.52. The van der Waals surface area contributed by atoms with Crippen LogP contribution in [0.4, 0.5) is 0 Å². The minimum Gasteiger partial charge on any atom is -0.396 e. The van der Waals surface area contributed by atoms with Crippen molar-refractivity contribution in [2.75, 3.05) is 6.61 Å². The Balaban J connectivity index is 0.00000338. The molecule has 0 aliphatic rings. The number of aliphatic hydroxyl groups excluding tert-OH is 1. The molecule has 3 N–H and O–H groups in total. The van der Waals surface area contributed by atoms with E-state index in [1.807, 2.05) is 13.0 Å². The van der Waals surface area contributed by atoms with Crippen molar-refractivity contribution < 1.29 is 49.2 Å². The summed E-state index contributed by atoms with van der Waals surface area (Å²) >= 11 is 0. The average molecular weight is 566 g/mol. The molecule has 0 fully saturated rings. The van der Waals surface area contributed by atoms with E-state index in [1.165, 1.54) is 33.6 Å². The summed E-state index contributed by atoms with van der Waals surface area (Å²) in [4.78, 5) is 6.97. The molecule has 0 aliphatic carbocycles. The third-order valence-electron chi connectivity index (χ3n) is 4.83. The fraction of sp³-hybridized carbons (Fsp3) is 0.476. The summed E-state index contributed by atoms with van der Waals surface area (Å²) in [6, 6.07) is 2.21. The zero-order valence-corrected chi connectivity index (χ0v) is 21.1. The molecule has 1 radical (unpaired) electrons. The maximum absolute atomic E-state index is 9.15. The molecule has 2 aromatic heterocycles. The van der Waals surface area contributed by atoms with Crippen LogP contribution in [0.25, 0.3) is 6.08 Å². The summed E-state index contributed by atoms with van der Waals surface area (Å²) < 4.78 is 0. The van der Waals surface area contributed by atoms with Crippen molar-refractivity contribution in [2.24, 2.45) is 0 Å². The van der Waals surface area contributed by atoms with Crippen LogP contribution in [0, 0.1) is 62.3 Å². The number of hydrogen-bond acceptors (Lipinski definition) is 2. The number of rotatable bonds is 8. The number of aryl methyl sites for hydroxylation is 1. The largest absolute Gasteiger partial charge is 0.396 e. The quantitative estimate of drug-likeness (QED) is 0.419. The van der Waals surface area contributed by atoms with Gasteiger partial charge in [0, 0.05) is 85.9 Å². The smallest absolute Gasteiger partial charge is 0.0944 e. The third-order valence-corrected chi connectivity index (χ3v) is 4.83. The molecule has 0 saturated heterocycles. The molecule has 0 atom stereocenters. The van der Waals surface area contributed by atoms with Gasteiger partial charge >= 0.3 is 0 Å². The summed E-state index contributed by atoms with van der Waals surface area (Å²) in [7, 11) is 0. The van der Waals surface area contributed by atoms with Gasteiger partial charge in [-0.2, -0.15) is 5.26 Å². The summed E-state index contributed by atoms with van der Waals surface area (Å²) in [5, 5.41) is 18.2. The van der Waals surface area contributed by atoms with Crippen LogP contribution in [0.1, 0.15) is 66.5 Å². The molecule has 137 valence electrons. The molecular formula is C21H29AcN3O. The van der Waals surface area contributed by atoms with E-state index in [4.69, 9.17) is 10.4 Å². The first kappa shape index (κ1) is 23.2. The third kappa shape index (κ3) is 5.35. The van der Waals surface area contributed by atoms with Gasteiger partial charge in [0.05, 0.1) is 6.07 Å².